The molecule has 0 radical (unpaired) electrons. The number of furan rings is 1. The van der Waals surface area contributed by atoms with Crippen molar-refractivity contribution in [3.05, 3.63) is 107 Å². The van der Waals surface area contributed by atoms with Gasteiger partial charge in [-0.25, -0.2) is 4.79 Å². The van der Waals surface area contributed by atoms with Crippen LogP contribution in [0.3, 0.4) is 0 Å². The van der Waals surface area contributed by atoms with E-state index in [9.17, 15) is 14.7 Å². The monoisotopic (exact) mass is 529 g/mol. The molecular weight excluding hydrogens is 498 g/mol. The maximum Gasteiger partial charge on any atom is 0.326 e. The zero-order valence-corrected chi connectivity index (χ0v) is 22.3. The molecule has 0 aliphatic carbocycles. The van der Waals surface area contributed by atoms with Crippen LogP contribution in [0, 0.1) is 6.92 Å². The van der Waals surface area contributed by atoms with E-state index in [1.165, 1.54) is 0 Å². The minimum atomic E-state index is -1.04. The third kappa shape index (κ3) is 6.94. The fourth-order valence-corrected chi connectivity index (χ4v) is 4.66. The van der Waals surface area contributed by atoms with Gasteiger partial charge in [0.2, 0.25) is 0 Å². The maximum atomic E-state index is 13.2. The van der Waals surface area contributed by atoms with Crippen molar-refractivity contribution in [1.82, 2.24) is 5.32 Å². The quantitative estimate of drug-likeness (QED) is 0.216. The van der Waals surface area contributed by atoms with Crippen LogP contribution in [0.2, 0.25) is 0 Å². The summed E-state index contributed by atoms with van der Waals surface area (Å²) in [7, 11) is 0. The number of carbonyl (C=O) groups is 2. The molecular formula is C31H31NO5S. The van der Waals surface area contributed by atoms with Gasteiger partial charge in [0.15, 0.2) is 0 Å². The second kappa shape index (κ2) is 13.1. The molecule has 0 saturated carbocycles. The van der Waals surface area contributed by atoms with Crippen LogP contribution in [0.1, 0.15) is 33.7 Å². The third-order valence-electron chi connectivity index (χ3n) is 6.21. The Kier molecular flexibility index (Phi) is 9.40. The number of aryl methyl sites for hydroxylation is 1. The number of aliphatic carboxylic acids is 1. The molecule has 0 spiro atoms. The molecule has 0 aliphatic heterocycles. The molecule has 1 aromatic heterocycles. The van der Waals surface area contributed by atoms with Crippen LogP contribution < -0.4 is 5.32 Å². The first-order chi connectivity index (χ1) is 18.5. The lowest BCUT2D eigenvalue weighted by Crippen LogP contribution is -2.41. The van der Waals surface area contributed by atoms with E-state index in [4.69, 9.17) is 9.15 Å². The number of thioether (sulfide) groups is 1. The Morgan fingerprint density at radius 2 is 1.71 bits per heavy atom. The Morgan fingerprint density at radius 3 is 2.45 bits per heavy atom. The molecule has 0 aliphatic rings. The highest BCUT2D eigenvalue weighted by atomic mass is 32.2. The Balaban J connectivity index is 1.51. The molecule has 0 fully saturated rings. The van der Waals surface area contributed by atoms with Crippen molar-refractivity contribution in [3.63, 3.8) is 0 Å². The second-order valence-electron chi connectivity index (χ2n) is 8.97. The van der Waals surface area contributed by atoms with Crippen LogP contribution in [0.25, 0.3) is 22.5 Å². The molecule has 3 aromatic carbocycles. The third-order valence-corrected chi connectivity index (χ3v) is 6.85. The highest BCUT2D eigenvalue weighted by Gasteiger charge is 2.22. The molecule has 7 heteroatoms. The molecule has 196 valence electrons. The topological polar surface area (TPSA) is 88.8 Å². The van der Waals surface area contributed by atoms with Crippen molar-refractivity contribution in [3.8, 4) is 22.5 Å². The summed E-state index contributed by atoms with van der Waals surface area (Å²) >= 11 is 1.54. The van der Waals surface area contributed by atoms with Gasteiger partial charge in [0, 0.05) is 11.1 Å². The van der Waals surface area contributed by atoms with Gasteiger partial charge in [-0.2, -0.15) is 11.8 Å². The van der Waals surface area contributed by atoms with Gasteiger partial charge in [-0.1, -0.05) is 60.7 Å². The Morgan fingerprint density at radius 1 is 0.947 bits per heavy atom. The molecule has 1 atom stereocenters. The van der Waals surface area contributed by atoms with Gasteiger partial charge in [0.1, 0.15) is 24.2 Å². The van der Waals surface area contributed by atoms with Crippen LogP contribution in [0.5, 0.6) is 0 Å². The summed E-state index contributed by atoms with van der Waals surface area (Å²) in [5, 5.41) is 12.3. The number of carboxylic acid groups (broad SMARTS) is 1. The van der Waals surface area contributed by atoms with Crippen molar-refractivity contribution < 1.29 is 23.8 Å². The smallest absolute Gasteiger partial charge is 0.326 e. The van der Waals surface area contributed by atoms with Gasteiger partial charge >= 0.3 is 5.97 Å². The fraction of sp³-hybridized carbons (Fsp3) is 0.226. The highest BCUT2D eigenvalue weighted by Crippen LogP contribution is 2.29. The number of rotatable bonds is 12. The minimum absolute atomic E-state index is 0.310. The van der Waals surface area contributed by atoms with E-state index in [2.05, 4.69) is 5.32 Å². The molecule has 38 heavy (non-hydrogen) atoms. The average molecular weight is 530 g/mol. The molecule has 0 saturated heterocycles. The summed E-state index contributed by atoms with van der Waals surface area (Å²) in [5.74, 6) is 0.708. The summed E-state index contributed by atoms with van der Waals surface area (Å²) < 4.78 is 11.9. The van der Waals surface area contributed by atoms with Crippen LogP contribution >= 0.6 is 11.8 Å². The van der Waals surface area contributed by atoms with Gasteiger partial charge in [0.05, 0.1) is 6.61 Å². The fourth-order valence-electron chi connectivity index (χ4n) is 4.19. The van der Waals surface area contributed by atoms with Gasteiger partial charge in [-0.3, -0.25) is 4.79 Å². The maximum absolute atomic E-state index is 13.2. The zero-order valence-electron chi connectivity index (χ0n) is 21.5. The highest BCUT2D eigenvalue weighted by molar-refractivity contribution is 7.98. The normalized spacial score (nSPS) is 11.7. The second-order valence-corrected chi connectivity index (χ2v) is 9.95. The standard InChI is InChI=1S/C31H31NO5S/c1-21-8-6-7-11-25(21)27-18-22(12-14-26(27)30(33)32-28(31(34)35)16-17-38-2)19-36-20-24-13-15-29(37-24)23-9-4-3-5-10-23/h3-15,18,28H,16-17,19-20H2,1-2H3,(H,32,33)(H,34,35)/t28-/m0/s1. The van der Waals surface area contributed by atoms with E-state index in [0.29, 0.717) is 31.0 Å². The van der Waals surface area contributed by atoms with E-state index < -0.39 is 17.9 Å². The van der Waals surface area contributed by atoms with Crippen LogP contribution in [0.4, 0.5) is 0 Å². The number of ether oxygens (including phenoxy) is 1. The molecule has 1 heterocycles. The number of carboxylic acids is 1. The molecule has 0 unspecified atom stereocenters. The van der Waals surface area contributed by atoms with E-state index in [1.54, 1.807) is 17.8 Å². The lowest BCUT2D eigenvalue weighted by molar-refractivity contribution is -0.139. The van der Waals surface area contributed by atoms with Crippen molar-refractivity contribution >= 4 is 23.6 Å². The van der Waals surface area contributed by atoms with Gasteiger partial charge in [-0.15, -0.1) is 0 Å². The lowest BCUT2D eigenvalue weighted by Gasteiger charge is -2.17. The number of carbonyl (C=O) groups excluding carboxylic acids is 1. The van der Waals surface area contributed by atoms with Crippen LogP contribution in [0.15, 0.2) is 89.3 Å². The van der Waals surface area contributed by atoms with E-state index in [0.717, 1.165) is 39.3 Å². The lowest BCUT2D eigenvalue weighted by atomic mass is 9.93. The van der Waals surface area contributed by atoms with Gasteiger partial charge < -0.3 is 19.6 Å². The van der Waals surface area contributed by atoms with Crippen LogP contribution in [-0.2, 0) is 22.7 Å². The summed E-state index contributed by atoms with van der Waals surface area (Å²) in [6, 6.07) is 26.1. The number of hydrogen-bond donors (Lipinski definition) is 2. The Hall–Kier alpha value is -3.81. The van der Waals surface area contributed by atoms with Gasteiger partial charge in [-0.05, 0) is 71.9 Å². The SMILES string of the molecule is CSCC[C@H](NC(=O)c1ccc(COCc2ccc(-c3ccccc3)o2)cc1-c1ccccc1C)C(=O)O. The molecule has 2 N–H and O–H groups in total. The summed E-state index contributed by atoms with van der Waals surface area (Å²) in [4.78, 5) is 24.9. The molecule has 6 nitrogen and oxygen atoms in total. The molecule has 4 rings (SSSR count). The number of benzene rings is 3. The summed E-state index contributed by atoms with van der Waals surface area (Å²) in [5.41, 5.74) is 4.99. The van der Waals surface area contributed by atoms with Crippen molar-refractivity contribution in [2.45, 2.75) is 32.6 Å². The predicted octanol–water partition coefficient (Wildman–Crippen LogP) is 6.57. The van der Waals surface area contributed by atoms with Crippen molar-refractivity contribution in [2.24, 2.45) is 0 Å². The summed E-state index contributed by atoms with van der Waals surface area (Å²) in [6.07, 6.45) is 2.26. The van der Waals surface area contributed by atoms with Crippen LogP contribution in [-0.4, -0.2) is 35.0 Å². The van der Waals surface area contributed by atoms with Crippen molar-refractivity contribution in [1.29, 1.82) is 0 Å². The first-order valence-corrected chi connectivity index (χ1v) is 13.8. The molecule has 0 bridgehead atoms. The Labute approximate surface area is 227 Å². The summed E-state index contributed by atoms with van der Waals surface area (Å²) in [6.45, 7) is 2.62. The average Bonchev–Trinajstić information content (AvgIpc) is 3.40. The predicted molar refractivity (Wildman–Crippen MR) is 151 cm³/mol. The minimum Gasteiger partial charge on any atom is -0.480 e. The number of amides is 1. The largest absolute Gasteiger partial charge is 0.480 e. The number of nitrogens with one attached hydrogen (secondary N) is 1. The zero-order chi connectivity index (χ0) is 26.9. The van der Waals surface area contributed by atoms with E-state index in [-0.39, 0.29) is 0 Å². The molecule has 4 aromatic rings. The van der Waals surface area contributed by atoms with E-state index in [1.807, 2.05) is 92.0 Å². The molecule has 1 amide bonds. The van der Waals surface area contributed by atoms with Gasteiger partial charge in [0.25, 0.3) is 5.91 Å². The number of hydrogen-bond acceptors (Lipinski definition) is 5. The Bertz CT molecular complexity index is 1380. The van der Waals surface area contributed by atoms with Crippen molar-refractivity contribution in [2.75, 3.05) is 12.0 Å². The first kappa shape index (κ1) is 27.2. The van der Waals surface area contributed by atoms with E-state index >= 15 is 0 Å². The first-order valence-electron chi connectivity index (χ1n) is 12.4.